The average Bonchev–Trinajstić information content (AvgIpc) is 3.12. The Morgan fingerprint density at radius 1 is 0.418 bits per heavy atom. The van der Waals surface area contributed by atoms with Crippen LogP contribution in [-0.4, -0.2) is 14.7 Å². The predicted octanol–water partition coefficient (Wildman–Crippen LogP) is 13.6. The molecule has 0 saturated heterocycles. The standard InChI is InChI=1S/C51H63O3P/c1-29(2)37-21-39-25-44(33(9)10)48(27-46(39)42(23-37)31(5)6)41-15-14-16-49(51(41)36-19-17-35(13)18-20-36)55(52,53,54)50-28-47-40(26-45(50)34(11)12)22-38(30(3)4)24-43(47)32(7)8/h14-34,52-54H,1-13H3. The van der Waals surface area contributed by atoms with Crippen LogP contribution in [-0.2, 0) is 0 Å². The molecule has 3 nitrogen and oxygen atoms in total. The van der Waals surface area contributed by atoms with Gasteiger partial charge in [0.1, 0.15) is 0 Å². The molecule has 55 heavy (non-hydrogen) atoms. The van der Waals surface area contributed by atoms with Gasteiger partial charge in [-0.2, -0.15) is 0 Å². The van der Waals surface area contributed by atoms with E-state index in [2.05, 4.69) is 151 Å². The molecule has 0 amide bonds. The van der Waals surface area contributed by atoms with E-state index in [1.807, 2.05) is 24.3 Å². The van der Waals surface area contributed by atoms with E-state index in [0.717, 1.165) is 44.2 Å². The van der Waals surface area contributed by atoms with Gasteiger partial charge < -0.3 is 0 Å². The first kappa shape index (κ1) is 40.8. The van der Waals surface area contributed by atoms with E-state index in [1.165, 1.54) is 33.0 Å². The monoisotopic (exact) mass is 754 g/mol. The van der Waals surface area contributed by atoms with Crippen molar-refractivity contribution in [3.63, 3.8) is 0 Å². The second kappa shape index (κ2) is 14.9. The number of hydrogen-bond donors (Lipinski definition) is 3. The molecule has 0 bridgehead atoms. The first-order valence-electron chi connectivity index (χ1n) is 20.4. The fraction of sp³-hybridized carbons (Fsp3) is 0.373. The third-order valence-electron chi connectivity index (χ3n) is 11.7. The van der Waals surface area contributed by atoms with Gasteiger partial charge in [0.15, 0.2) is 0 Å². The Balaban J connectivity index is 1.75. The van der Waals surface area contributed by atoms with Crippen LogP contribution in [0, 0.1) is 6.92 Å². The van der Waals surface area contributed by atoms with Gasteiger partial charge in [0.2, 0.25) is 0 Å². The summed E-state index contributed by atoms with van der Waals surface area (Å²) in [4.78, 5) is 39.1. The molecule has 6 rings (SSSR count). The van der Waals surface area contributed by atoms with Gasteiger partial charge in [0.25, 0.3) is 0 Å². The summed E-state index contributed by atoms with van der Waals surface area (Å²) in [5, 5.41) is 4.79. The van der Waals surface area contributed by atoms with E-state index in [-0.39, 0.29) is 28.4 Å². The summed E-state index contributed by atoms with van der Waals surface area (Å²) in [6.07, 6.45) is 0. The van der Waals surface area contributed by atoms with Crippen molar-refractivity contribution >= 4 is 39.4 Å². The van der Waals surface area contributed by atoms with Crippen molar-refractivity contribution in [2.45, 2.75) is 126 Å². The molecule has 0 fully saturated rings. The Morgan fingerprint density at radius 3 is 1.36 bits per heavy atom. The second-order valence-electron chi connectivity index (χ2n) is 18.0. The van der Waals surface area contributed by atoms with E-state index >= 15 is 0 Å². The molecule has 0 saturated carbocycles. The second-order valence-corrected chi connectivity index (χ2v) is 20.9. The number of hydrogen-bond acceptors (Lipinski definition) is 3. The van der Waals surface area contributed by atoms with Crippen molar-refractivity contribution in [2.24, 2.45) is 0 Å². The summed E-state index contributed by atoms with van der Waals surface area (Å²) < 4.78 is 0. The van der Waals surface area contributed by atoms with Gasteiger partial charge in [-0.1, -0.05) is 0 Å². The minimum absolute atomic E-state index is 0.0817. The van der Waals surface area contributed by atoms with Gasteiger partial charge in [0.05, 0.1) is 0 Å². The molecule has 0 aliphatic heterocycles. The molecule has 6 aromatic rings. The van der Waals surface area contributed by atoms with E-state index in [9.17, 15) is 14.7 Å². The van der Waals surface area contributed by atoms with Gasteiger partial charge in [-0.25, -0.2) is 0 Å². The van der Waals surface area contributed by atoms with E-state index < -0.39 is 7.28 Å². The third kappa shape index (κ3) is 7.54. The Bertz CT molecular complexity index is 2390. The van der Waals surface area contributed by atoms with Crippen LogP contribution in [0.5, 0.6) is 0 Å². The average molecular weight is 755 g/mol. The molecule has 4 heteroatoms. The van der Waals surface area contributed by atoms with Crippen LogP contribution in [0.25, 0.3) is 43.8 Å². The van der Waals surface area contributed by atoms with Crippen LogP contribution < -0.4 is 10.6 Å². The number of benzene rings is 6. The van der Waals surface area contributed by atoms with E-state index in [0.29, 0.717) is 23.3 Å². The Morgan fingerprint density at radius 2 is 0.891 bits per heavy atom. The summed E-state index contributed by atoms with van der Waals surface area (Å²) in [5.74, 6) is 1.36. The molecule has 290 valence electrons. The van der Waals surface area contributed by atoms with Gasteiger partial charge in [-0.15, -0.1) is 0 Å². The Kier molecular flexibility index (Phi) is 11.1. The van der Waals surface area contributed by atoms with Crippen LogP contribution in [0.3, 0.4) is 0 Å². The summed E-state index contributed by atoms with van der Waals surface area (Å²) in [7, 11) is -5.85. The van der Waals surface area contributed by atoms with E-state index in [4.69, 9.17) is 0 Å². The molecular weight excluding hydrogens is 692 g/mol. The first-order chi connectivity index (χ1) is 25.7. The molecule has 0 aromatic heterocycles. The molecule has 0 heterocycles. The molecule has 3 N–H and O–H groups in total. The molecule has 0 radical (unpaired) electrons. The fourth-order valence-corrected chi connectivity index (χ4v) is 10.8. The summed E-state index contributed by atoms with van der Waals surface area (Å²) in [6.45, 7) is 28.4. The third-order valence-corrected chi connectivity index (χ3v) is 14.2. The topological polar surface area (TPSA) is 60.7 Å². The number of rotatable bonds is 10. The molecule has 0 aliphatic carbocycles. The van der Waals surface area contributed by atoms with Crippen molar-refractivity contribution in [2.75, 3.05) is 0 Å². The fourth-order valence-electron chi connectivity index (χ4n) is 8.37. The molecule has 0 spiro atoms. The van der Waals surface area contributed by atoms with Gasteiger partial charge in [-0.3, -0.25) is 0 Å². The molecule has 6 aromatic carbocycles. The summed E-state index contributed by atoms with van der Waals surface area (Å²) >= 11 is 0. The molecule has 0 unspecified atom stereocenters. The molecule has 0 atom stereocenters. The van der Waals surface area contributed by atoms with Crippen molar-refractivity contribution in [1.82, 2.24) is 0 Å². The zero-order valence-corrected chi connectivity index (χ0v) is 36.3. The Hall–Kier alpha value is -3.85. The van der Waals surface area contributed by atoms with Crippen LogP contribution in [0.1, 0.15) is 158 Å². The zero-order valence-electron chi connectivity index (χ0n) is 35.4. The summed E-state index contributed by atoms with van der Waals surface area (Å²) in [6, 6.07) is 31.7. The van der Waals surface area contributed by atoms with Crippen LogP contribution in [0.4, 0.5) is 0 Å². The van der Waals surface area contributed by atoms with Gasteiger partial charge >= 0.3 is 332 Å². The van der Waals surface area contributed by atoms with E-state index in [1.54, 1.807) is 6.07 Å². The predicted molar refractivity (Wildman–Crippen MR) is 241 cm³/mol. The normalized spacial score (nSPS) is 13.4. The SMILES string of the molecule is Cc1ccc(-c2c(-c3cc4c(C(C)C)cc(C(C)C)cc4cc3C(C)C)cccc2P(O)(O)(O)c2cc3c(C(C)C)cc(C(C)C)cc3cc2C(C)C)cc1. The number of fused-ring (bicyclic) bond motifs is 2. The first-order valence-corrected chi connectivity index (χ1v) is 22.5. The van der Waals surface area contributed by atoms with Crippen LogP contribution >= 0.6 is 7.28 Å². The van der Waals surface area contributed by atoms with Crippen LogP contribution in [0.2, 0.25) is 0 Å². The van der Waals surface area contributed by atoms with Crippen molar-refractivity contribution in [3.8, 4) is 22.3 Å². The maximum absolute atomic E-state index is 13.0. The summed E-state index contributed by atoms with van der Waals surface area (Å²) in [5.41, 5.74) is 11.4. The maximum atomic E-state index is 13.0. The van der Waals surface area contributed by atoms with Crippen LogP contribution in [0.15, 0.2) is 91.0 Å². The van der Waals surface area contributed by atoms with Gasteiger partial charge in [-0.05, 0) is 0 Å². The molecular formula is C51H63O3P. The Labute approximate surface area is 330 Å². The minimum atomic E-state index is -5.85. The van der Waals surface area contributed by atoms with Crippen molar-refractivity contribution < 1.29 is 14.7 Å². The molecule has 0 aliphatic rings. The quantitative estimate of drug-likeness (QED) is 0.122. The van der Waals surface area contributed by atoms with Crippen molar-refractivity contribution in [1.29, 1.82) is 0 Å². The number of aryl methyl sites for hydroxylation is 1. The van der Waals surface area contributed by atoms with Gasteiger partial charge in [0, 0.05) is 0 Å². The zero-order chi connectivity index (χ0) is 40.3. The van der Waals surface area contributed by atoms with Crippen molar-refractivity contribution in [3.05, 3.63) is 130 Å².